The van der Waals surface area contributed by atoms with Gasteiger partial charge in [-0.3, -0.25) is 14.6 Å². The first-order valence-corrected chi connectivity index (χ1v) is 17.7. The van der Waals surface area contributed by atoms with Gasteiger partial charge in [-0.05, 0) is 80.3 Å². The van der Waals surface area contributed by atoms with E-state index in [2.05, 4.69) is 40.7 Å². The SMILES string of the molecule is CCc1ccc2c(c1)C(NC[C@@H](O)[C@H](Cc1ccccc1)NC(=O)c1cc(-c3ccccn3)c(=O)n(C3CCCC3)c1)CC1(CCC1)O2. The molecule has 3 N–H and O–H groups in total. The Morgan fingerprint density at radius 1 is 1.02 bits per heavy atom. The fourth-order valence-corrected chi connectivity index (χ4v) is 7.69. The molecule has 0 saturated heterocycles. The molecule has 2 aliphatic carbocycles. The molecule has 1 spiro atoms. The Morgan fingerprint density at radius 2 is 1.81 bits per heavy atom. The van der Waals surface area contributed by atoms with Crippen molar-refractivity contribution < 1.29 is 14.6 Å². The standard InChI is InChI=1S/C40H46N4O4/c1-2-27-16-17-37-31(21-27)35(24-40(48-37)18-10-19-40)42-25-36(45)34(22-28-11-4-3-5-12-28)43-38(46)29-23-32(33-15-8-9-20-41-33)39(47)44(26-29)30-13-6-7-14-30/h3-5,8-9,11-12,15-17,20-21,23,26,30,34-36,42,45H,2,6-7,10,13-14,18-19,22,24-25H2,1H3,(H,43,46)/t34-,35?,36+/m0/s1. The molecule has 1 amide bonds. The number of fused-ring (bicyclic) bond motifs is 1. The predicted octanol–water partition coefficient (Wildman–Crippen LogP) is 6.33. The first-order valence-electron chi connectivity index (χ1n) is 17.7. The van der Waals surface area contributed by atoms with Crippen molar-refractivity contribution >= 4 is 5.91 Å². The zero-order valence-corrected chi connectivity index (χ0v) is 27.7. The second kappa shape index (κ2) is 14.1. The molecule has 7 rings (SSSR count). The molecule has 48 heavy (non-hydrogen) atoms. The third kappa shape index (κ3) is 6.82. The van der Waals surface area contributed by atoms with Crippen LogP contribution in [-0.2, 0) is 12.8 Å². The number of ether oxygens (including phenoxy) is 1. The van der Waals surface area contributed by atoms with Gasteiger partial charge in [0.05, 0.1) is 29.0 Å². The van der Waals surface area contributed by atoms with Crippen molar-refractivity contribution in [3.05, 3.63) is 118 Å². The van der Waals surface area contributed by atoms with Gasteiger partial charge in [0.25, 0.3) is 11.5 Å². The topological polar surface area (TPSA) is 105 Å². The molecule has 3 heterocycles. The number of aliphatic hydroxyl groups is 1. The van der Waals surface area contributed by atoms with Gasteiger partial charge in [0, 0.05) is 43.0 Å². The molecule has 3 aliphatic rings. The second-order valence-electron chi connectivity index (χ2n) is 13.9. The summed E-state index contributed by atoms with van der Waals surface area (Å²) in [6, 6.07) is 23.0. The van der Waals surface area contributed by atoms with E-state index in [0.29, 0.717) is 29.8 Å². The summed E-state index contributed by atoms with van der Waals surface area (Å²) in [6.07, 6.45) is 11.9. The number of nitrogens with one attached hydrogen (secondary N) is 2. The average molecular weight is 647 g/mol. The van der Waals surface area contributed by atoms with Crippen LogP contribution < -0.4 is 20.9 Å². The van der Waals surface area contributed by atoms with Crippen LogP contribution in [0.1, 0.15) is 97.4 Å². The minimum absolute atomic E-state index is 0.0409. The lowest BCUT2D eigenvalue weighted by Gasteiger charge is -2.48. The first-order chi connectivity index (χ1) is 23.4. The van der Waals surface area contributed by atoms with Crippen molar-refractivity contribution in [1.82, 2.24) is 20.2 Å². The largest absolute Gasteiger partial charge is 0.487 e. The molecular weight excluding hydrogens is 600 g/mol. The maximum Gasteiger partial charge on any atom is 0.260 e. The lowest BCUT2D eigenvalue weighted by molar-refractivity contribution is -0.0382. The lowest BCUT2D eigenvalue weighted by atomic mass is 9.72. The Labute approximate surface area is 282 Å². The summed E-state index contributed by atoms with van der Waals surface area (Å²) < 4.78 is 8.26. The maximum absolute atomic E-state index is 14.1. The number of pyridine rings is 2. The van der Waals surface area contributed by atoms with Gasteiger partial charge in [0.1, 0.15) is 11.4 Å². The van der Waals surface area contributed by atoms with E-state index in [1.807, 2.05) is 42.5 Å². The van der Waals surface area contributed by atoms with Crippen LogP contribution in [0.2, 0.25) is 0 Å². The van der Waals surface area contributed by atoms with Crippen LogP contribution in [0.15, 0.2) is 90.0 Å². The molecule has 2 aromatic carbocycles. The first kappa shape index (κ1) is 32.3. The zero-order chi connectivity index (χ0) is 33.1. The van der Waals surface area contributed by atoms with Crippen LogP contribution in [-0.4, -0.2) is 44.9 Å². The third-order valence-electron chi connectivity index (χ3n) is 10.6. The molecule has 1 unspecified atom stereocenters. The van der Waals surface area contributed by atoms with Gasteiger partial charge in [-0.25, -0.2) is 0 Å². The molecular formula is C40H46N4O4. The number of nitrogens with zero attached hydrogens (tertiary/aromatic N) is 2. The summed E-state index contributed by atoms with van der Waals surface area (Å²) >= 11 is 0. The highest BCUT2D eigenvalue weighted by Crippen LogP contribution is 2.49. The Kier molecular flexibility index (Phi) is 9.46. The molecule has 2 fully saturated rings. The van der Waals surface area contributed by atoms with Gasteiger partial charge >= 0.3 is 0 Å². The van der Waals surface area contributed by atoms with Gasteiger partial charge in [0.15, 0.2) is 0 Å². The molecule has 2 saturated carbocycles. The molecule has 3 atom stereocenters. The fraction of sp³-hybridized carbons (Fsp3) is 0.425. The van der Waals surface area contributed by atoms with Crippen LogP contribution in [0.5, 0.6) is 5.75 Å². The Bertz CT molecular complexity index is 1780. The number of aliphatic hydroxyl groups excluding tert-OH is 1. The van der Waals surface area contributed by atoms with Crippen LogP contribution in [0, 0.1) is 0 Å². The second-order valence-corrected chi connectivity index (χ2v) is 13.9. The molecule has 250 valence electrons. The van der Waals surface area contributed by atoms with Crippen LogP contribution in [0.3, 0.4) is 0 Å². The molecule has 1 aliphatic heterocycles. The normalized spacial score (nSPS) is 19.6. The molecule has 8 nitrogen and oxygen atoms in total. The van der Waals surface area contributed by atoms with Crippen molar-refractivity contribution in [1.29, 1.82) is 0 Å². The van der Waals surface area contributed by atoms with E-state index in [1.54, 1.807) is 29.1 Å². The highest BCUT2D eigenvalue weighted by atomic mass is 16.5. The molecule has 0 radical (unpaired) electrons. The lowest BCUT2D eigenvalue weighted by Crippen LogP contribution is -2.52. The quantitative estimate of drug-likeness (QED) is 0.176. The van der Waals surface area contributed by atoms with Crippen LogP contribution in [0.25, 0.3) is 11.3 Å². The number of hydrogen-bond donors (Lipinski definition) is 3. The van der Waals surface area contributed by atoms with E-state index in [1.165, 1.54) is 12.0 Å². The smallest absolute Gasteiger partial charge is 0.260 e. The molecule has 2 aromatic heterocycles. The van der Waals surface area contributed by atoms with Crippen LogP contribution >= 0.6 is 0 Å². The van der Waals surface area contributed by atoms with Crippen LogP contribution in [0.4, 0.5) is 0 Å². The molecule has 8 heteroatoms. The van der Waals surface area contributed by atoms with E-state index in [9.17, 15) is 14.7 Å². The van der Waals surface area contributed by atoms with Crippen molar-refractivity contribution in [2.75, 3.05) is 6.54 Å². The summed E-state index contributed by atoms with van der Waals surface area (Å²) in [4.78, 5) is 32.2. The van der Waals surface area contributed by atoms with Gasteiger partial charge in [-0.2, -0.15) is 0 Å². The van der Waals surface area contributed by atoms with Gasteiger partial charge in [-0.15, -0.1) is 0 Å². The molecule has 0 bridgehead atoms. The predicted molar refractivity (Wildman–Crippen MR) is 187 cm³/mol. The number of carbonyl (C=O) groups excluding carboxylic acids is 1. The summed E-state index contributed by atoms with van der Waals surface area (Å²) in [6.45, 7) is 2.45. The highest BCUT2D eigenvalue weighted by molar-refractivity contribution is 5.95. The van der Waals surface area contributed by atoms with E-state index in [4.69, 9.17) is 4.74 Å². The minimum Gasteiger partial charge on any atom is -0.487 e. The number of aryl methyl sites for hydroxylation is 1. The van der Waals surface area contributed by atoms with Crippen molar-refractivity contribution in [2.24, 2.45) is 0 Å². The van der Waals surface area contributed by atoms with Gasteiger partial charge < -0.3 is 25.0 Å². The minimum atomic E-state index is -0.872. The number of hydrogen-bond acceptors (Lipinski definition) is 6. The third-order valence-corrected chi connectivity index (χ3v) is 10.6. The number of benzene rings is 2. The Balaban J connectivity index is 1.15. The molecule has 4 aromatic rings. The van der Waals surface area contributed by atoms with Gasteiger partial charge in [-0.1, -0.05) is 68.3 Å². The number of amides is 1. The van der Waals surface area contributed by atoms with E-state index in [-0.39, 0.29) is 29.2 Å². The maximum atomic E-state index is 14.1. The number of rotatable bonds is 11. The Morgan fingerprint density at radius 3 is 2.52 bits per heavy atom. The highest BCUT2D eigenvalue weighted by Gasteiger charge is 2.45. The summed E-state index contributed by atoms with van der Waals surface area (Å²) in [5.41, 5.74) is 4.48. The van der Waals surface area contributed by atoms with Crippen molar-refractivity contribution in [3.8, 4) is 17.0 Å². The number of carbonyl (C=O) groups is 1. The Hall–Kier alpha value is -4.27. The van der Waals surface area contributed by atoms with E-state index >= 15 is 0 Å². The number of aromatic nitrogens is 2. The summed E-state index contributed by atoms with van der Waals surface area (Å²) in [5, 5.41) is 18.6. The zero-order valence-electron chi connectivity index (χ0n) is 27.7. The fourth-order valence-electron chi connectivity index (χ4n) is 7.69. The summed E-state index contributed by atoms with van der Waals surface area (Å²) in [5.74, 6) is 0.608. The van der Waals surface area contributed by atoms with Crippen molar-refractivity contribution in [3.63, 3.8) is 0 Å². The summed E-state index contributed by atoms with van der Waals surface area (Å²) in [7, 11) is 0. The van der Waals surface area contributed by atoms with E-state index < -0.39 is 12.1 Å². The van der Waals surface area contributed by atoms with Gasteiger partial charge in [0.2, 0.25) is 0 Å². The van der Waals surface area contributed by atoms with E-state index in [0.717, 1.165) is 68.2 Å². The van der Waals surface area contributed by atoms with Crippen molar-refractivity contribution in [2.45, 2.75) is 101 Å². The monoisotopic (exact) mass is 646 g/mol. The average Bonchev–Trinajstić information content (AvgIpc) is 3.65.